The zero-order chi connectivity index (χ0) is 90.8. The average Bonchev–Trinajstić information content (AvgIpc) is 1.54. The SMILES string of the molecule is Cc1c2ccccc2cc2ccc3c(c12)-c1ccccc1[Si]3(c1ccccc1)c1ccccc1.Cc1ccc2c(c1)-c1c(ccc3cc4ccccc4cc13)[Si]2(c1ccccc1)c1ccccc1.Cc1ccc2c(c1)[Si](c1ccccc1)(c1ccccc1)c1ccc3cc4ccccc4cc3c1-2.Cc1cccc([Si]2(c3ccccc3)c3ccccc3-c3c2ccc2cc4ccccc4cc32)c1. The number of fused-ring (bicyclic) bond motifs is 24. The monoisotopic (exact) mass is 1790 g/mol. The fourth-order valence-corrected chi connectivity index (χ4v) is 45.6. The van der Waals surface area contributed by atoms with Gasteiger partial charge in [0.25, 0.3) is 0 Å². The van der Waals surface area contributed by atoms with Crippen LogP contribution in [0.15, 0.2) is 510 Å². The Balaban J connectivity index is 0.0000000965. The lowest BCUT2D eigenvalue weighted by molar-refractivity contribution is 1.49. The van der Waals surface area contributed by atoms with Crippen LogP contribution < -0.4 is 83.0 Å². The summed E-state index contributed by atoms with van der Waals surface area (Å²) in [5.74, 6) is 0. The van der Waals surface area contributed by atoms with Crippen molar-refractivity contribution >= 4 is 201 Å². The zero-order valence-electron chi connectivity index (χ0n) is 76.5. The molecule has 0 aromatic heterocycles. The van der Waals surface area contributed by atoms with Crippen molar-refractivity contribution in [2.24, 2.45) is 0 Å². The summed E-state index contributed by atoms with van der Waals surface area (Å²) in [4.78, 5) is 0. The third-order valence-corrected chi connectivity index (χ3v) is 49.8. The van der Waals surface area contributed by atoms with Crippen molar-refractivity contribution in [2.45, 2.75) is 27.7 Å². The molecule has 0 spiro atoms. The number of rotatable bonds is 8. The van der Waals surface area contributed by atoms with Gasteiger partial charge < -0.3 is 0 Å². The molecule has 0 bridgehead atoms. The maximum atomic E-state index is 2.47. The molecule has 1 atom stereocenters. The van der Waals surface area contributed by atoms with E-state index in [1.165, 1.54) is 236 Å². The largest absolute Gasteiger partial charge is 0.180 e. The summed E-state index contributed by atoms with van der Waals surface area (Å²) in [6, 6.07) is 191. The topological polar surface area (TPSA) is 0 Å². The Bertz CT molecular complexity index is 8630. The summed E-state index contributed by atoms with van der Waals surface area (Å²) in [6.07, 6.45) is 0. The predicted octanol–water partition coefficient (Wildman–Crippen LogP) is 22.6. The molecule has 4 heteroatoms. The van der Waals surface area contributed by atoms with Gasteiger partial charge in [0.2, 0.25) is 0 Å². The van der Waals surface area contributed by atoms with Crippen LogP contribution in [-0.2, 0) is 0 Å². The molecule has 0 radical (unpaired) electrons. The highest BCUT2D eigenvalue weighted by atomic mass is 28.3. The molecular formula is C132H96Si4. The highest BCUT2D eigenvalue weighted by molar-refractivity contribution is 7.24. The second kappa shape index (κ2) is 33.1. The molecule has 1 unspecified atom stereocenters. The first kappa shape index (κ1) is 82.2. The molecule has 0 nitrogen and oxygen atoms in total. The van der Waals surface area contributed by atoms with Gasteiger partial charge in [-0.15, -0.1) is 0 Å². The van der Waals surface area contributed by atoms with E-state index < -0.39 is 32.3 Å². The standard InChI is InChI=1S/4C33H24Si/c1-23-28-17-9-8-12-24(28)22-25-20-21-31-33(32(23)25)29-18-10-11-19-30(29)34(31,26-13-4-2-5-14-26)27-15-6-3-7-16-27;1-23-16-18-31-30(20-23)33-29-22-25-11-9-8-10-24(25)21-26(29)17-19-32(33)34(31,27-12-4-2-5-13-27)28-14-6-3-7-15-28;1-23-16-18-29-32(20-23)34(27-12-4-2-5-13-27,28-14-6-3-7-15-28)31-19-17-26-21-24-10-8-9-11-25(24)22-30(26)33(29)31;1-23-10-9-15-28(20-23)34(27-13-3-2-4-14-27)31-17-8-7-16-29(31)33-30-22-25-12-6-5-11-24(25)21-26(30)18-19-32(33)34/h4*2-22H,1H3. The van der Waals surface area contributed by atoms with Crippen molar-refractivity contribution in [1.82, 2.24) is 0 Å². The second-order valence-electron chi connectivity index (χ2n) is 37.7. The van der Waals surface area contributed by atoms with Crippen LogP contribution in [-0.4, -0.2) is 32.3 Å². The molecule has 24 aromatic carbocycles. The molecule has 0 saturated heterocycles. The predicted molar refractivity (Wildman–Crippen MR) is 595 cm³/mol. The van der Waals surface area contributed by atoms with Crippen molar-refractivity contribution in [1.29, 1.82) is 0 Å². The van der Waals surface area contributed by atoms with E-state index in [1.54, 1.807) is 0 Å². The third-order valence-electron chi connectivity index (χ3n) is 30.4. The molecule has 640 valence electrons. The van der Waals surface area contributed by atoms with Gasteiger partial charge in [-0.25, -0.2) is 0 Å². The van der Waals surface area contributed by atoms with Crippen LogP contribution in [0, 0.1) is 27.7 Å². The summed E-state index contributed by atoms with van der Waals surface area (Å²) in [7, 11) is -9.75. The molecule has 0 fully saturated rings. The molecule has 0 saturated carbocycles. The summed E-state index contributed by atoms with van der Waals surface area (Å²) in [5.41, 5.74) is 16.7. The molecule has 136 heavy (non-hydrogen) atoms. The quantitative estimate of drug-likeness (QED) is 0.105. The fraction of sp³-hybridized carbons (Fsp3) is 0.0303. The first-order chi connectivity index (χ1) is 67.1. The Morgan fingerprint density at radius 2 is 0.397 bits per heavy atom. The van der Waals surface area contributed by atoms with Gasteiger partial charge in [0.15, 0.2) is 32.3 Å². The smallest absolute Gasteiger partial charge is 0.0623 e. The number of hydrogen-bond acceptors (Lipinski definition) is 0. The lowest BCUT2D eigenvalue weighted by atomic mass is 9.91. The Hall–Kier alpha value is -15.8. The minimum Gasteiger partial charge on any atom is -0.0623 e. The zero-order valence-corrected chi connectivity index (χ0v) is 80.5. The van der Waals surface area contributed by atoms with E-state index in [0.29, 0.717) is 0 Å². The van der Waals surface area contributed by atoms with E-state index in [9.17, 15) is 0 Å². The highest BCUT2D eigenvalue weighted by Crippen LogP contribution is 2.44. The number of benzene rings is 24. The van der Waals surface area contributed by atoms with Gasteiger partial charge in [-0.05, 0) is 289 Å². The molecule has 0 N–H and O–H groups in total. The Morgan fingerprint density at radius 1 is 0.132 bits per heavy atom. The van der Waals surface area contributed by atoms with Gasteiger partial charge in [0, 0.05) is 0 Å². The van der Waals surface area contributed by atoms with Crippen molar-refractivity contribution in [3.63, 3.8) is 0 Å². The molecule has 4 heterocycles. The number of aryl methyl sites for hydroxylation is 4. The van der Waals surface area contributed by atoms with Gasteiger partial charge in [0.05, 0.1) is 0 Å². The highest BCUT2D eigenvalue weighted by Gasteiger charge is 2.54. The molecular weight excluding hydrogens is 1700 g/mol. The van der Waals surface area contributed by atoms with Crippen LogP contribution in [0.5, 0.6) is 0 Å². The fourth-order valence-electron chi connectivity index (χ4n) is 24.7. The van der Waals surface area contributed by atoms with Crippen LogP contribution in [0.3, 0.4) is 0 Å². The maximum Gasteiger partial charge on any atom is 0.180 e. The summed E-state index contributed by atoms with van der Waals surface area (Å²) in [6.45, 7) is 8.96. The van der Waals surface area contributed by atoms with E-state index >= 15 is 0 Å². The van der Waals surface area contributed by atoms with E-state index in [4.69, 9.17) is 0 Å². The first-order valence-electron chi connectivity index (χ1n) is 47.8. The van der Waals surface area contributed by atoms with Gasteiger partial charge >= 0.3 is 0 Å². The lowest BCUT2D eigenvalue weighted by Gasteiger charge is -2.31. The van der Waals surface area contributed by atoms with E-state index in [2.05, 4.69) is 537 Å². The molecule has 4 aliphatic rings. The Labute approximate surface area is 799 Å². The van der Waals surface area contributed by atoms with Crippen LogP contribution in [0.25, 0.3) is 131 Å². The summed E-state index contributed by atoms with van der Waals surface area (Å²) < 4.78 is 0. The number of hydrogen-bond donors (Lipinski definition) is 0. The van der Waals surface area contributed by atoms with Crippen LogP contribution in [0.1, 0.15) is 22.3 Å². The Morgan fingerprint density at radius 3 is 0.809 bits per heavy atom. The maximum absolute atomic E-state index is 2.47. The molecule has 24 aromatic rings. The first-order valence-corrected chi connectivity index (χ1v) is 55.8. The normalized spacial score (nSPS) is 14.4. The van der Waals surface area contributed by atoms with E-state index in [1.807, 2.05) is 0 Å². The van der Waals surface area contributed by atoms with Gasteiger partial charge in [-0.1, -0.05) is 484 Å². The van der Waals surface area contributed by atoms with Gasteiger partial charge in [-0.2, -0.15) is 0 Å². The van der Waals surface area contributed by atoms with Crippen molar-refractivity contribution in [3.05, 3.63) is 532 Å². The second-order valence-corrected chi connectivity index (χ2v) is 52.6. The van der Waals surface area contributed by atoms with Gasteiger partial charge in [0.1, 0.15) is 0 Å². The van der Waals surface area contributed by atoms with Crippen molar-refractivity contribution in [2.75, 3.05) is 0 Å². The van der Waals surface area contributed by atoms with Crippen LogP contribution >= 0.6 is 0 Å². The summed E-state index contributed by atoms with van der Waals surface area (Å²) in [5, 5.41) is 44.9. The van der Waals surface area contributed by atoms with Crippen LogP contribution in [0.2, 0.25) is 0 Å². The molecule has 0 amide bonds. The molecule has 28 rings (SSSR count). The molecule has 4 aliphatic heterocycles. The third kappa shape index (κ3) is 12.7. The van der Waals surface area contributed by atoms with Crippen LogP contribution in [0.4, 0.5) is 0 Å². The van der Waals surface area contributed by atoms with Crippen molar-refractivity contribution in [3.8, 4) is 44.5 Å². The van der Waals surface area contributed by atoms with Gasteiger partial charge in [-0.3, -0.25) is 0 Å². The lowest BCUT2D eigenvalue weighted by Crippen LogP contribution is -2.72. The minimum absolute atomic E-state index is 1.30. The molecule has 0 aliphatic carbocycles. The van der Waals surface area contributed by atoms with E-state index in [0.717, 1.165) is 0 Å². The van der Waals surface area contributed by atoms with Crippen molar-refractivity contribution < 1.29 is 0 Å². The minimum atomic E-state index is -2.44. The van der Waals surface area contributed by atoms with E-state index in [-0.39, 0.29) is 0 Å². The Kier molecular flexibility index (Phi) is 20.0. The average molecular weight is 1790 g/mol. The summed E-state index contributed by atoms with van der Waals surface area (Å²) >= 11 is 0.